The number of phenols is 4. The van der Waals surface area contributed by atoms with E-state index in [2.05, 4.69) is 0 Å². The second-order valence-corrected chi connectivity index (χ2v) is 7.04. The highest BCUT2D eigenvalue weighted by Crippen LogP contribution is 2.35. The third-order valence-corrected chi connectivity index (χ3v) is 4.77. The van der Waals surface area contributed by atoms with Crippen LogP contribution in [0.3, 0.4) is 0 Å². The van der Waals surface area contributed by atoms with Crippen LogP contribution in [0.1, 0.15) is 15.9 Å². The van der Waals surface area contributed by atoms with Gasteiger partial charge in [0.15, 0.2) is 17.2 Å². The molecule has 11 heteroatoms. The molecule has 1 aliphatic rings. The Morgan fingerprint density at radius 1 is 0.935 bits per heavy atom. The summed E-state index contributed by atoms with van der Waals surface area (Å²) in [5.74, 6) is -3.05. The lowest BCUT2D eigenvalue weighted by Crippen LogP contribution is -2.60. The molecule has 0 spiro atoms. The van der Waals surface area contributed by atoms with Gasteiger partial charge in [0.2, 0.25) is 6.29 Å². The molecule has 1 saturated heterocycles. The zero-order chi connectivity index (χ0) is 22.9. The molecular formula is C20H22O11. The summed E-state index contributed by atoms with van der Waals surface area (Å²) < 4.78 is 15.9. The van der Waals surface area contributed by atoms with E-state index >= 15 is 0 Å². The minimum Gasteiger partial charge on any atom is -0.508 e. The summed E-state index contributed by atoms with van der Waals surface area (Å²) >= 11 is 0. The minimum absolute atomic E-state index is 0.0315. The number of aliphatic hydroxyl groups is 3. The summed E-state index contributed by atoms with van der Waals surface area (Å²) in [6.07, 6.45) is -7.63. The molecule has 168 valence electrons. The molecule has 0 bridgehead atoms. The second-order valence-electron chi connectivity index (χ2n) is 7.04. The number of hydrogen-bond acceptors (Lipinski definition) is 11. The number of aryl methyl sites for hydroxylation is 1. The van der Waals surface area contributed by atoms with Gasteiger partial charge in [0.1, 0.15) is 42.5 Å². The van der Waals surface area contributed by atoms with Crippen LogP contribution in [0.2, 0.25) is 0 Å². The zero-order valence-corrected chi connectivity index (χ0v) is 16.2. The van der Waals surface area contributed by atoms with Crippen molar-refractivity contribution in [2.45, 2.75) is 37.6 Å². The number of carbonyl (C=O) groups is 1. The van der Waals surface area contributed by atoms with Crippen LogP contribution in [0.15, 0.2) is 30.3 Å². The molecule has 3 rings (SSSR count). The number of hydrogen-bond donors (Lipinski definition) is 7. The predicted molar refractivity (Wildman–Crippen MR) is 102 cm³/mol. The Morgan fingerprint density at radius 3 is 2.19 bits per heavy atom. The molecule has 1 fully saturated rings. The molecule has 0 aromatic heterocycles. The zero-order valence-electron chi connectivity index (χ0n) is 16.2. The fourth-order valence-electron chi connectivity index (χ4n) is 2.95. The summed E-state index contributed by atoms with van der Waals surface area (Å²) in [6, 6.07) is 5.99. The van der Waals surface area contributed by atoms with E-state index in [0.29, 0.717) is 5.56 Å². The van der Waals surface area contributed by atoms with Gasteiger partial charge in [-0.25, -0.2) is 4.79 Å². The van der Waals surface area contributed by atoms with E-state index in [0.717, 1.165) is 12.1 Å². The molecule has 0 amide bonds. The highest BCUT2D eigenvalue weighted by Gasteiger charge is 2.45. The monoisotopic (exact) mass is 438 g/mol. The van der Waals surface area contributed by atoms with Gasteiger partial charge in [-0.3, -0.25) is 0 Å². The average Bonchev–Trinajstić information content (AvgIpc) is 2.73. The number of phenolic OH excluding ortho intramolecular Hbond substituents is 4. The number of rotatable bonds is 5. The summed E-state index contributed by atoms with van der Waals surface area (Å²) in [5.41, 5.74) is 0.209. The van der Waals surface area contributed by atoms with E-state index in [4.69, 9.17) is 14.2 Å². The first-order chi connectivity index (χ1) is 14.6. The standard InChI is InChI=1S/C20H22O11/c1-8-4-10(2-3-11(8)21)30-20-18(27)17(26)16(25)14(31-20)7-29-19(28)9-5-12(22)15(24)13(23)6-9/h2-6,14,16-18,20-27H,7H2,1H3/t14-,16-,17+,18-,20-/m1/s1. The van der Waals surface area contributed by atoms with Gasteiger partial charge in [-0.05, 0) is 42.8 Å². The van der Waals surface area contributed by atoms with Crippen molar-refractivity contribution < 1.29 is 54.8 Å². The van der Waals surface area contributed by atoms with E-state index in [1.165, 1.54) is 18.2 Å². The molecule has 0 unspecified atom stereocenters. The van der Waals surface area contributed by atoms with Crippen molar-refractivity contribution in [3.8, 4) is 28.7 Å². The second kappa shape index (κ2) is 8.86. The van der Waals surface area contributed by atoms with E-state index in [1.54, 1.807) is 6.92 Å². The Labute approximate surface area is 175 Å². The highest BCUT2D eigenvalue weighted by atomic mass is 16.7. The van der Waals surface area contributed by atoms with Crippen molar-refractivity contribution in [1.82, 2.24) is 0 Å². The van der Waals surface area contributed by atoms with Gasteiger partial charge >= 0.3 is 5.97 Å². The van der Waals surface area contributed by atoms with Crippen LogP contribution in [-0.4, -0.2) is 79.0 Å². The molecule has 2 aromatic rings. The molecule has 0 saturated carbocycles. The van der Waals surface area contributed by atoms with E-state index < -0.39 is 60.5 Å². The Bertz CT molecular complexity index is 937. The van der Waals surface area contributed by atoms with Crippen LogP contribution in [0.4, 0.5) is 0 Å². The Hall–Kier alpha value is -3.25. The Kier molecular flexibility index (Phi) is 6.41. The van der Waals surface area contributed by atoms with Crippen LogP contribution >= 0.6 is 0 Å². The number of ether oxygens (including phenoxy) is 3. The lowest BCUT2D eigenvalue weighted by atomic mass is 9.99. The smallest absolute Gasteiger partial charge is 0.338 e. The number of carbonyl (C=O) groups excluding carboxylic acids is 1. The number of benzene rings is 2. The molecule has 0 aliphatic carbocycles. The average molecular weight is 438 g/mol. The normalized spacial score (nSPS) is 25.7. The Balaban J connectivity index is 1.68. The van der Waals surface area contributed by atoms with E-state index in [1.807, 2.05) is 0 Å². The molecule has 2 aromatic carbocycles. The fourth-order valence-corrected chi connectivity index (χ4v) is 2.95. The summed E-state index contributed by atoms with van der Waals surface area (Å²) in [4.78, 5) is 12.2. The molecule has 11 nitrogen and oxygen atoms in total. The summed E-state index contributed by atoms with van der Waals surface area (Å²) in [6.45, 7) is 1.06. The van der Waals surface area contributed by atoms with Crippen molar-refractivity contribution >= 4 is 5.97 Å². The van der Waals surface area contributed by atoms with Crippen LogP contribution in [0.5, 0.6) is 28.7 Å². The van der Waals surface area contributed by atoms with Gasteiger partial charge in [0, 0.05) is 0 Å². The molecule has 31 heavy (non-hydrogen) atoms. The quantitative estimate of drug-likeness (QED) is 0.243. The Morgan fingerprint density at radius 2 is 1.58 bits per heavy atom. The van der Waals surface area contributed by atoms with Crippen molar-refractivity contribution in [2.24, 2.45) is 0 Å². The first-order valence-corrected chi connectivity index (χ1v) is 9.16. The minimum atomic E-state index is -1.68. The molecule has 1 heterocycles. The molecule has 7 N–H and O–H groups in total. The highest BCUT2D eigenvalue weighted by molar-refractivity contribution is 5.91. The van der Waals surface area contributed by atoms with E-state index in [-0.39, 0.29) is 17.1 Å². The van der Waals surface area contributed by atoms with Crippen LogP contribution in [-0.2, 0) is 9.47 Å². The molecule has 5 atom stereocenters. The SMILES string of the molecule is Cc1cc(O[C@@H]2O[C@H](COC(=O)c3cc(O)c(O)c(O)c3)[C@@H](O)[C@H](O)[C@H]2O)ccc1O. The topological polar surface area (TPSA) is 186 Å². The van der Waals surface area contributed by atoms with Crippen molar-refractivity contribution in [3.05, 3.63) is 41.5 Å². The van der Waals surface area contributed by atoms with Crippen LogP contribution in [0, 0.1) is 6.92 Å². The van der Waals surface area contributed by atoms with Crippen molar-refractivity contribution in [3.63, 3.8) is 0 Å². The number of aromatic hydroxyl groups is 4. The van der Waals surface area contributed by atoms with Gasteiger partial charge in [0.25, 0.3) is 0 Å². The summed E-state index contributed by atoms with van der Waals surface area (Å²) in [5, 5.41) is 68.3. The van der Waals surface area contributed by atoms with Crippen molar-refractivity contribution in [1.29, 1.82) is 0 Å². The van der Waals surface area contributed by atoms with Gasteiger partial charge in [-0.15, -0.1) is 0 Å². The maximum Gasteiger partial charge on any atom is 0.338 e. The number of esters is 1. The molecule has 1 aliphatic heterocycles. The lowest BCUT2D eigenvalue weighted by molar-refractivity contribution is -0.277. The van der Waals surface area contributed by atoms with Gasteiger partial charge in [0.05, 0.1) is 5.56 Å². The van der Waals surface area contributed by atoms with Gasteiger partial charge in [-0.1, -0.05) is 0 Å². The van der Waals surface area contributed by atoms with E-state index in [9.17, 15) is 40.5 Å². The van der Waals surface area contributed by atoms with Gasteiger partial charge in [-0.2, -0.15) is 0 Å². The van der Waals surface area contributed by atoms with Gasteiger partial charge < -0.3 is 50.0 Å². The predicted octanol–water partition coefficient (Wildman–Crippen LogP) is -0.139. The molecule has 0 radical (unpaired) electrons. The fraction of sp³-hybridized carbons (Fsp3) is 0.350. The van der Waals surface area contributed by atoms with Crippen LogP contribution < -0.4 is 4.74 Å². The first kappa shape index (κ1) is 22.4. The number of aliphatic hydroxyl groups excluding tert-OH is 3. The maximum absolute atomic E-state index is 12.2. The molecular weight excluding hydrogens is 416 g/mol. The maximum atomic E-state index is 12.2. The summed E-state index contributed by atoms with van der Waals surface area (Å²) in [7, 11) is 0. The lowest BCUT2D eigenvalue weighted by Gasteiger charge is -2.39. The first-order valence-electron chi connectivity index (χ1n) is 9.16. The van der Waals surface area contributed by atoms with Crippen LogP contribution in [0.25, 0.3) is 0 Å². The van der Waals surface area contributed by atoms with Crippen molar-refractivity contribution in [2.75, 3.05) is 6.61 Å². The third kappa shape index (κ3) is 4.75. The third-order valence-electron chi connectivity index (χ3n) is 4.77. The largest absolute Gasteiger partial charge is 0.508 e.